The highest BCUT2D eigenvalue weighted by Gasteiger charge is 2.25. The van der Waals surface area contributed by atoms with E-state index in [0.717, 1.165) is 25.2 Å². The molecular weight excluding hydrogens is 254 g/mol. The Bertz CT molecular complexity index is 448. The van der Waals surface area contributed by atoms with Crippen LogP contribution in [0.1, 0.15) is 45.3 Å². The number of piperidine rings is 1. The molecule has 0 aromatic carbocycles. The van der Waals surface area contributed by atoms with Crippen molar-refractivity contribution in [2.24, 2.45) is 17.6 Å². The lowest BCUT2D eigenvalue weighted by Crippen LogP contribution is -2.44. The van der Waals surface area contributed by atoms with Gasteiger partial charge in [0.2, 0.25) is 5.91 Å². The lowest BCUT2D eigenvalue weighted by Gasteiger charge is -2.34. The van der Waals surface area contributed by atoms with E-state index in [1.807, 2.05) is 11.8 Å². The van der Waals surface area contributed by atoms with Crippen molar-refractivity contribution in [3.8, 4) is 0 Å². The number of nitrogens with zero attached hydrogens (tertiary/aromatic N) is 4. The van der Waals surface area contributed by atoms with Crippen LogP contribution in [0.25, 0.3) is 0 Å². The molecule has 2 heterocycles. The highest BCUT2D eigenvalue weighted by Crippen LogP contribution is 2.21. The molecule has 3 atom stereocenters. The van der Waals surface area contributed by atoms with Crippen LogP contribution in [-0.2, 0) is 11.3 Å². The second kappa shape index (κ2) is 6.35. The van der Waals surface area contributed by atoms with Gasteiger partial charge in [0.1, 0.15) is 6.54 Å². The van der Waals surface area contributed by atoms with E-state index in [2.05, 4.69) is 24.2 Å². The van der Waals surface area contributed by atoms with Crippen LogP contribution in [0.4, 0.5) is 0 Å². The van der Waals surface area contributed by atoms with Crippen molar-refractivity contribution < 1.29 is 4.79 Å². The molecule has 3 unspecified atom stereocenters. The molecule has 0 saturated carbocycles. The summed E-state index contributed by atoms with van der Waals surface area (Å²) < 4.78 is 1.59. The maximum absolute atomic E-state index is 12.3. The van der Waals surface area contributed by atoms with Crippen molar-refractivity contribution in [1.82, 2.24) is 19.9 Å². The molecule has 0 aliphatic carbocycles. The van der Waals surface area contributed by atoms with Gasteiger partial charge in [-0.1, -0.05) is 26.0 Å². The molecule has 0 radical (unpaired) electrons. The number of nitrogens with two attached hydrogens (primary N) is 1. The van der Waals surface area contributed by atoms with E-state index in [0.29, 0.717) is 11.8 Å². The summed E-state index contributed by atoms with van der Waals surface area (Å²) in [5, 5.41) is 8.03. The predicted octanol–water partition coefficient (Wildman–Crippen LogP) is 1.19. The van der Waals surface area contributed by atoms with Gasteiger partial charge in [-0.25, -0.2) is 4.68 Å². The highest BCUT2D eigenvalue weighted by molar-refractivity contribution is 5.76. The summed E-state index contributed by atoms with van der Waals surface area (Å²) in [6, 6.07) is -0.103. The standard InChI is InChI=1S/C14H25N5O/c1-4-12(15)13-8-19(17-16-13)9-14(20)18-6-10(2)5-11(3)7-18/h8,10-12H,4-7,9,15H2,1-3H3. The molecule has 112 valence electrons. The summed E-state index contributed by atoms with van der Waals surface area (Å²) in [6.07, 6.45) is 3.79. The van der Waals surface area contributed by atoms with E-state index >= 15 is 0 Å². The van der Waals surface area contributed by atoms with Crippen LogP contribution < -0.4 is 5.73 Å². The first kappa shape index (κ1) is 15.0. The van der Waals surface area contributed by atoms with E-state index in [1.54, 1.807) is 10.9 Å². The van der Waals surface area contributed by atoms with Crippen molar-refractivity contribution in [3.63, 3.8) is 0 Å². The van der Waals surface area contributed by atoms with Gasteiger partial charge in [0.25, 0.3) is 0 Å². The van der Waals surface area contributed by atoms with E-state index in [9.17, 15) is 4.79 Å². The third-order valence-corrected chi connectivity index (χ3v) is 3.89. The van der Waals surface area contributed by atoms with Crippen LogP contribution in [0.3, 0.4) is 0 Å². The van der Waals surface area contributed by atoms with Crippen molar-refractivity contribution in [2.75, 3.05) is 13.1 Å². The zero-order chi connectivity index (χ0) is 14.7. The predicted molar refractivity (Wildman–Crippen MR) is 76.8 cm³/mol. The molecule has 1 saturated heterocycles. The average molecular weight is 279 g/mol. The van der Waals surface area contributed by atoms with Gasteiger partial charge in [0.15, 0.2) is 0 Å². The van der Waals surface area contributed by atoms with Crippen LogP contribution in [0.2, 0.25) is 0 Å². The van der Waals surface area contributed by atoms with Crippen LogP contribution in [0.15, 0.2) is 6.20 Å². The Morgan fingerprint density at radius 2 is 2.10 bits per heavy atom. The molecule has 2 rings (SSSR count). The largest absolute Gasteiger partial charge is 0.341 e. The lowest BCUT2D eigenvalue weighted by atomic mass is 9.92. The number of carbonyl (C=O) groups is 1. The SMILES string of the molecule is CCC(N)c1cn(CC(=O)N2CC(C)CC(C)C2)nn1. The molecule has 1 amide bonds. The summed E-state index contributed by atoms with van der Waals surface area (Å²) >= 11 is 0. The quantitative estimate of drug-likeness (QED) is 0.898. The fourth-order valence-electron chi connectivity index (χ4n) is 2.87. The van der Waals surface area contributed by atoms with Crippen molar-refractivity contribution in [2.45, 2.75) is 46.2 Å². The summed E-state index contributed by atoms with van der Waals surface area (Å²) in [4.78, 5) is 14.3. The Labute approximate surface area is 120 Å². The van der Waals surface area contributed by atoms with Gasteiger partial charge in [0.05, 0.1) is 17.9 Å². The second-order valence-corrected chi connectivity index (χ2v) is 6.10. The number of rotatable bonds is 4. The first-order chi connectivity index (χ1) is 9.49. The van der Waals surface area contributed by atoms with Gasteiger partial charge in [-0.15, -0.1) is 5.10 Å². The number of hydrogen-bond donors (Lipinski definition) is 1. The van der Waals surface area contributed by atoms with E-state index in [1.165, 1.54) is 6.42 Å². The monoisotopic (exact) mass is 279 g/mol. The molecule has 1 aromatic heterocycles. The number of hydrogen-bond acceptors (Lipinski definition) is 4. The topological polar surface area (TPSA) is 77.0 Å². The molecule has 20 heavy (non-hydrogen) atoms. The Hall–Kier alpha value is -1.43. The van der Waals surface area contributed by atoms with Crippen molar-refractivity contribution in [1.29, 1.82) is 0 Å². The zero-order valence-corrected chi connectivity index (χ0v) is 12.6. The third kappa shape index (κ3) is 3.56. The van der Waals surface area contributed by atoms with Gasteiger partial charge < -0.3 is 10.6 Å². The summed E-state index contributed by atoms with van der Waals surface area (Å²) in [5.74, 6) is 1.26. The minimum absolute atomic E-state index is 0.103. The minimum atomic E-state index is -0.103. The fourth-order valence-corrected chi connectivity index (χ4v) is 2.87. The Morgan fingerprint density at radius 1 is 1.45 bits per heavy atom. The molecule has 6 nitrogen and oxygen atoms in total. The van der Waals surface area contributed by atoms with E-state index < -0.39 is 0 Å². The molecular formula is C14H25N5O. The number of likely N-dealkylation sites (tertiary alicyclic amines) is 1. The average Bonchev–Trinajstić information content (AvgIpc) is 2.85. The molecule has 2 N–H and O–H groups in total. The molecule has 0 spiro atoms. The molecule has 1 aliphatic rings. The van der Waals surface area contributed by atoms with Crippen LogP contribution in [0, 0.1) is 11.8 Å². The number of amides is 1. The van der Waals surface area contributed by atoms with Gasteiger partial charge in [-0.2, -0.15) is 0 Å². The first-order valence-corrected chi connectivity index (χ1v) is 7.43. The van der Waals surface area contributed by atoms with Gasteiger partial charge in [-0.05, 0) is 24.7 Å². The highest BCUT2D eigenvalue weighted by atomic mass is 16.2. The Kier molecular flexibility index (Phi) is 4.75. The second-order valence-electron chi connectivity index (χ2n) is 6.10. The summed E-state index contributed by atoms with van der Waals surface area (Å²) in [7, 11) is 0. The Balaban J connectivity index is 1.95. The van der Waals surface area contributed by atoms with E-state index in [-0.39, 0.29) is 18.5 Å². The van der Waals surface area contributed by atoms with Crippen LogP contribution in [-0.4, -0.2) is 38.9 Å². The van der Waals surface area contributed by atoms with E-state index in [4.69, 9.17) is 5.73 Å². The summed E-state index contributed by atoms with van der Waals surface area (Å²) in [6.45, 7) is 8.35. The van der Waals surface area contributed by atoms with Crippen LogP contribution >= 0.6 is 0 Å². The lowest BCUT2D eigenvalue weighted by molar-refractivity contribution is -0.134. The van der Waals surface area contributed by atoms with Gasteiger partial charge >= 0.3 is 0 Å². The van der Waals surface area contributed by atoms with Crippen molar-refractivity contribution >= 4 is 5.91 Å². The fraction of sp³-hybridized carbons (Fsp3) is 0.786. The molecule has 1 aromatic rings. The zero-order valence-electron chi connectivity index (χ0n) is 12.6. The Morgan fingerprint density at radius 3 is 2.70 bits per heavy atom. The number of aromatic nitrogens is 3. The maximum atomic E-state index is 12.3. The summed E-state index contributed by atoms with van der Waals surface area (Å²) in [5.41, 5.74) is 6.66. The van der Waals surface area contributed by atoms with Crippen LogP contribution in [0.5, 0.6) is 0 Å². The maximum Gasteiger partial charge on any atom is 0.244 e. The number of carbonyl (C=O) groups excluding carboxylic acids is 1. The molecule has 1 fully saturated rings. The third-order valence-electron chi connectivity index (χ3n) is 3.89. The smallest absolute Gasteiger partial charge is 0.244 e. The van der Waals surface area contributed by atoms with Crippen molar-refractivity contribution in [3.05, 3.63) is 11.9 Å². The van der Waals surface area contributed by atoms with Gasteiger partial charge in [-0.3, -0.25) is 4.79 Å². The van der Waals surface area contributed by atoms with Gasteiger partial charge in [0, 0.05) is 13.1 Å². The molecule has 6 heteroatoms. The normalized spacial score (nSPS) is 24.7. The first-order valence-electron chi connectivity index (χ1n) is 7.43. The molecule has 1 aliphatic heterocycles. The minimum Gasteiger partial charge on any atom is -0.341 e. The molecule has 0 bridgehead atoms.